The van der Waals surface area contributed by atoms with E-state index in [-0.39, 0.29) is 33.7 Å². The van der Waals surface area contributed by atoms with Crippen LogP contribution in [0.1, 0.15) is 17.3 Å². The Morgan fingerprint density at radius 2 is 1.75 bits per heavy atom. The van der Waals surface area contributed by atoms with Gasteiger partial charge in [-0.2, -0.15) is 0 Å². The van der Waals surface area contributed by atoms with Crippen LogP contribution in [0.2, 0.25) is 10.0 Å². The maximum atomic E-state index is 11.7. The van der Waals surface area contributed by atoms with Crippen molar-refractivity contribution in [3.63, 3.8) is 0 Å². The maximum absolute atomic E-state index is 11.7. The Bertz CT molecular complexity index is 552. The number of carbonyl (C=O) groups excluding carboxylic acids is 2. The van der Waals surface area contributed by atoms with Crippen LogP contribution in [0.4, 0.5) is 5.69 Å². The molecular formula is C12H12Cl2N2O4. The molecule has 0 saturated carbocycles. The zero-order valence-electron chi connectivity index (χ0n) is 10.7. The molecule has 1 rings (SSSR count). The molecule has 0 atom stereocenters. The Balaban J connectivity index is 2.91. The van der Waals surface area contributed by atoms with E-state index in [4.69, 9.17) is 28.3 Å². The van der Waals surface area contributed by atoms with Crippen molar-refractivity contribution in [2.45, 2.75) is 6.92 Å². The number of rotatable bonds is 4. The molecule has 0 aliphatic rings. The lowest BCUT2D eigenvalue weighted by Gasteiger charge is -2.15. The molecule has 8 heteroatoms. The lowest BCUT2D eigenvalue weighted by molar-refractivity contribution is -0.131. The van der Waals surface area contributed by atoms with Crippen LogP contribution < -0.4 is 5.32 Å². The second kappa shape index (κ2) is 6.58. The van der Waals surface area contributed by atoms with Crippen molar-refractivity contribution in [1.29, 1.82) is 0 Å². The minimum Gasteiger partial charge on any atom is -0.478 e. The maximum Gasteiger partial charge on any atom is 0.335 e. The van der Waals surface area contributed by atoms with Gasteiger partial charge >= 0.3 is 5.97 Å². The van der Waals surface area contributed by atoms with Crippen LogP contribution in [-0.4, -0.2) is 41.4 Å². The quantitative estimate of drug-likeness (QED) is 0.890. The number of nitrogens with zero attached hydrogens (tertiary/aromatic N) is 1. The molecule has 2 amide bonds. The monoisotopic (exact) mass is 318 g/mol. The Morgan fingerprint density at radius 3 is 2.15 bits per heavy atom. The number of aromatic carboxylic acids is 1. The zero-order chi connectivity index (χ0) is 15.4. The Labute approximate surface area is 125 Å². The molecule has 0 spiro atoms. The summed E-state index contributed by atoms with van der Waals surface area (Å²) >= 11 is 11.8. The minimum atomic E-state index is -1.18. The molecule has 0 aliphatic heterocycles. The van der Waals surface area contributed by atoms with E-state index in [0.717, 1.165) is 0 Å². The van der Waals surface area contributed by atoms with Crippen LogP contribution in [0, 0.1) is 0 Å². The molecule has 0 bridgehead atoms. The number of halogens is 2. The van der Waals surface area contributed by atoms with Gasteiger partial charge in [0.15, 0.2) is 0 Å². The summed E-state index contributed by atoms with van der Waals surface area (Å²) in [6.07, 6.45) is 0. The zero-order valence-corrected chi connectivity index (χ0v) is 12.2. The molecule has 0 aromatic heterocycles. The third-order valence-corrected chi connectivity index (χ3v) is 3.07. The summed E-state index contributed by atoms with van der Waals surface area (Å²) in [7, 11) is 1.47. The van der Waals surface area contributed by atoms with Gasteiger partial charge in [-0.05, 0) is 12.1 Å². The summed E-state index contributed by atoms with van der Waals surface area (Å²) in [6, 6.07) is 2.36. The van der Waals surface area contributed by atoms with E-state index in [1.54, 1.807) is 0 Å². The molecule has 0 saturated heterocycles. The van der Waals surface area contributed by atoms with Gasteiger partial charge in [0.2, 0.25) is 11.8 Å². The van der Waals surface area contributed by atoms with Crippen LogP contribution in [0.25, 0.3) is 0 Å². The number of carboxylic acid groups (broad SMARTS) is 1. The number of hydrogen-bond acceptors (Lipinski definition) is 3. The number of anilines is 1. The van der Waals surface area contributed by atoms with Crippen LogP contribution in [0.3, 0.4) is 0 Å². The summed E-state index contributed by atoms with van der Waals surface area (Å²) in [5.74, 6) is -1.93. The molecule has 1 aromatic carbocycles. The fourth-order valence-corrected chi connectivity index (χ4v) is 1.90. The van der Waals surface area contributed by atoms with Crippen molar-refractivity contribution >= 4 is 46.7 Å². The van der Waals surface area contributed by atoms with E-state index in [1.807, 2.05) is 0 Å². The fourth-order valence-electron chi connectivity index (χ4n) is 1.32. The van der Waals surface area contributed by atoms with Crippen molar-refractivity contribution < 1.29 is 19.5 Å². The normalized spacial score (nSPS) is 10.0. The number of carboxylic acids is 1. The molecule has 20 heavy (non-hydrogen) atoms. The van der Waals surface area contributed by atoms with Gasteiger partial charge in [-0.1, -0.05) is 23.2 Å². The Morgan fingerprint density at radius 1 is 1.25 bits per heavy atom. The highest BCUT2D eigenvalue weighted by atomic mass is 35.5. The van der Waals surface area contributed by atoms with Crippen LogP contribution in [-0.2, 0) is 9.59 Å². The molecule has 0 heterocycles. The average Bonchev–Trinajstić information content (AvgIpc) is 2.33. The van der Waals surface area contributed by atoms with Crippen LogP contribution in [0.15, 0.2) is 12.1 Å². The van der Waals surface area contributed by atoms with Gasteiger partial charge < -0.3 is 15.3 Å². The number of nitrogens with one attached hydrogen (secondary N) is 1. The van der Waals surface area contributed by atoms with Gasteiger partial charge in [0, 0.05) is 14.0 Å². The fraction of sp³-hybridized carbons (Fsp3) is 0.250. The van der Waals surface area contributed by atoms with Gasteiger partial charge in [0.25, 0.3) is 0 Å². The van der Waals surface area contributed by atoms with Gasteiger partial charge in [-0.25, -0.2) is 4.79 Å². The molecular weight excluding hydrogens is 307 g/mol. The minimum absolute atomic E-state index is 0.00808. The van der Waals surface area contributed by atoms with Crippen molar-refractivity contribution in [3.05, 3.63) is 27.7 Å². The highest BCUT2D eigenvalue weighted by Gasteiger charge is 2.16. The van der Waals surface area contributed by atoms with E-state index < -0.39 is 11.9 Å². The third-order valence-electron chi connectivity index (χ3n) is 2.47. The summed E-state index contributed by atoms with van der Waals surface area (Å²) in [5.41, 5.74) is 0.0270. The highest BCUT2D eigenvalue weighted by Crippen LogP contribution is 2.31. The van der Waals surface area contributed by atoms with Crippen molar-refractivity contribution in [2.24, 2.45) is 0 Å². The lowest BCUT2D eigenvalue weighted by atomic mass is 10.2. The van der Waals surface area contributed by atoms with Crippen molar-refractivity contribution in [3.8, 4) is 0 Å². The average molecular weight is 319 g/mol. The predicted octanol–water partition coefficient (Wildman–Crippen LogP) is 2.11. The number of benzene rings is 1. The first-order chi connectivity index (χ1) is 9.22. The number of carbonyl (C=O) groups is 3. The molecule has 0 unspecified atom stereocenters. The first-order valence-electron chi connectivity index (χ1n) is 5.46. The SMILES string of the molecule is CC(=O)N(C)CC(=O)Nc1c(Cl)cc(C(=O)O)cc1Cl. The summed E-state index contributed by atoms with van der Waals surface area (Å²) < 4.78 is 0. The molecule has 0 aliphatic carbocycles. The molecule has 6 nitrogen and oxygen atoms in total. The van der Waals surface area contributed by atoms with Crippen LogP contribution >= 0.6 is 23.2 Å². The summed E-state index contributed by atoms with van der Waals surface area (Å²) in [5, 5.41) is 11.3. The number of likely N-dealkylation sites (N-methyl/N-ethyl adjacent to an activating group) is 1. The molecule has 108 valence electrons. The Kier molecular flexibility index (Phi) is 5.35. The second-order valence-corrected chi connectivity index (χ2v) is 4.86. The van der Waals surface area contributed by atoms with Gasteiger partial charge in [0.05, 0.1) is 27.8 Å². The standard InChI is InChI=1S/C12H12Cl2N2O4/c1-6(17)16(2)5-10(18)15-11-8(13)3-7(12(19)20)4-9(11)14/h3-4H,5H2,1-2H3,(H,15,18)(H,19,20). The van der Waals surface area contributed by atoms with E-state index in [9.17, 15) is 14.4 Å². The predicted molar refractivity (Wildman–Crippen MR) is 75.4 cm³/mol. The van der Waals surface area contributed by atoms with Crippen molar-refractivity contribution in [1.82, 2.24) is 4.90 Å². The van der Waals surface area contributed by atoms with Gasteiger partial charge in [-0.3, -0.25) is 9.59 Å². The van der Waals surface area contributed by atoms with E-state index in [2.05, 4.69) is 5.32 Å². The lowest BCUT2D eigenvalue weighted by Crippen LogP contribution is -2.33. The Hall–Kier alpha value is -1.79. The molecule has 0 fully saturated rings. The highest BCUT2D eigenvalue weighted by molar-refractivity contribution is 6.40. The van der Waals surface area contributed by atoms with E-state index in [1.165, 1.54) is 31.0 Å². The summed E-state index contributed by atoms with van der Waals surface area (Å²) in [6.45, 7) is 1.16. The van der Waals surface area contributed by atoms with E-state index >= 15 is 0 Å². The number of hydrogen-bond donors (Lipinski definition) is 2. The van der Waals surface area contributed by atoms with Gasteiger partial charge in [-0.15, -0.1) is 0 Å². The second-order valence-electron chi connectivity index (χ2n) is 4.04. The number of amides is 2. The van der Waals surface area contributed by atoms with Crippen molar-refractivity contribution in [2.75, 3.05) is 18.9 Å². The first-order valence-corrected chi connectivity index (χ1v) is 6.22. The van der Waals surface area contributed by atoms with Gasteiger partial charge in [0.1, 0.15) is 0 Å². The molecule has 1 aromatic rings. The third kappa shape index (κ3) is 4.11. The topological polar surface area (TPSA) is 86.7 Å². The first kappa shape index (κ1) is 16.3. The van der Waals surface area contributed by atoms with Crippen LogP contribution in [0.5, 0.6) is 0 Å². The largest absolute Gasteiger partial charge is 0.478 e. The molecule has 2 N–H and O–H groups in total. The summed E-state index contributed by atoms with van der Waals surface area (Å²) in [4.78, 5) is 34.7. The smallest absolute Gasteiger partial charge is 0.335 e. The van der Waals surface area contributed by atoms with E-state index in [0.29, 0.717) is 0 Å². The molecule has 0 radical (unpaired) electrons.